The number of hydrogen-bond donors (Lipinski definition) is 4. The first-order valence-electron chi connectivity index (χ1n) is 10.8. The van der Waals surface area contributed by atoms with Crippen molar-refractivity contribution in [2.75, 3.05) is 30.0 Å². The smallest absolute Gasteiger partial charge is 0.380 e. The van der Waals surface area contributed by atoms with Crippen LogP contribution in [0.2, 0.25) is 0 Å². The molecular weight excluding hydrogens is 477 g/mol. The molecule has 4 unspecified atom stereocenters. The van der Waals surface area contributed by atoms with E-state index >= 15 is 0 Å². The van der Waals surface area contributed by atoms with Gasteiger partial charge < -0.3 is 10.6 Å². The molecule has 3 aliphatic rings. The van der Waals surface area contributed by atoms with Gasteiger partial charge in [-0.1, -0.05) is 0 Å². The Kier molecular flexibility index (Phi) is 6.19. The number of hydrazine groups is 1. The molecule has 14 heteroatoms. The van der Waals surface area contributed by atoms with Crippen molar-refractivity contribution in [2.24, 2.45) is 11.8 Å². The molecule has 1 aliphatic carbocycles. The Balaban J connectivity index is 1.66. The molecule has 1 aromatic rings. The summed E-state index contributed by atoms with van der Waals surface area (Å²) in [6.07, 6.45) is -2.91. The lowest BCUT2D eigenvalue weighted by atomic mass is 9.88. The summed E-state index contributed by atoms with van der Waals surface area (Å²) in [7, 11) is -1.16. The minimum atomic E-state index is -4.67. The molecule has 188 valence electrons. The topological polar surface area (TPSA) is 123 Å². The van der Waals surface area contributed by atoms with Gasteiger partial charge in [0.25, 0.3) is 0 Å². The number of amides is 2. The van der Waals surface area contributed by atoms with Crippen LogP contribution in [0.25, 0.3) is 0 Å². The van der Waals surface area contributed by atoms with Crippen LogP contribution in [0.15, 0.2) is 18.2 Å². The maximum atomic E-state index is 13.3. The molecule has 34 heavy (non-hydrogen) atoms. The highest BCUT2D eigenvalue weighted by molar-refractivity contribution is 7.92. The van der Waals surface area contributed by atoms with Crippen LogP contribution >= 0.6 is 0 Å². The normalized spacial score (nSPS) is 27.4. The van der Waals surface area contributed by atoms with Crippen LogP contribution in [0.3, 0.4) is 0 Å². The first kappa shape index (κ1) is 24.5. The first-order valence-corrected chi connectivity index (χ1v) is 12.6. The van der Waals surface area contributed by atoms with Crippen LogP contribution in [0, 0.1) is 11.8 Å². The fourth-order valence-electron chi connectivity index (χ4n) is 4.30. The third kappa shape index (κ3) is 4.93. The molecule has 0 spiro atoms. The van der Waals surface area contributed by atoms with Crippen molar-refractivity contribution in [3.05, 3.63) is 23.8 Å². The zero-order chi connectivity index (χ0) is 25.0. The summed E-state index contributed by atoms with van der Waals surface area (Å²) < 4.78 is 65.1. The highest BCUT2D eigenvalue weighted by Gasteiger charge is 2.49. The van der Waals surface area contributed by atoms with Gasteiger partial charge in [-0.15, -0.1) is 0 Å². The number of carbonyl (C=O) groups excluding carboxylic acids is 2. The Morgan fingerprint density at radius 1 is 1.26 bits per heavy atom. The second-order valence-corrected chi connectivity index (χ2v) is 11.0. The zero-order valence-electron chi connectivity index (χ0n) is 18.8. The van der Waals surface area contributed by atoms with E-state index in [1.807, 2.05) is 0 Å². The van der Waals surface area contributed by atoms with Gasteiger partial charge in [0.05, 0.1) is 41.4 Å². The summed E-state index contributed by atoms with van der Waals surface area (Å²) >= 11 is 0. The van der Waals surface area contributed by atoms with Gasteiger partial charge in [-0.25, -0.2) is 13.8 Å². The largest absolute Gasteiger partial charge is 0.416 e. The second kappa shape index (κ2) is 8.57. The summed E-state index contributed by atoms with van der Waals surface area (Å²) in [5.74, 6) is -1.01. The molecule has 0 aromatic heterocycles. The molecule has 0 radical (unpaired) electrons. The molecule has 2 amide bonds. The van der Waals surface area contributed by atoms with Gasteiger partial charge in [0.2, 0.25) is 21.8 Å². The quantitative estimate of drug-likeness (QED) is 0.449. The predicted molar refractivity (Wildman–Crippen MR) is 118 cm³/mol. The van der Waals surface area contributed by atoms with Crippen molar-refractivity contribution in [3.63, 3.8) is 0 Å². The predicted octanol–water partition coefficient (Wildman–Crippen LogP) is 0.646. The molecule has 2 saturated heterocycles. The molecule has 10 nitrogen and oxygen atoms in total. The Morgan fingerprint density at radius 3 is 2.53 bits per heavy atom. The van der Waals surface area contributed by atoms with Gasteiger partial charge in [0.15, 0.2) is 0 Å². The van der Waals surface area contributed by atoms with Crippen molar-refractivity contribution in [3.8, 4) is 0 Å². The van der Waals surface area contributed by atoms with Crippen LogP contribution in [-0.2, 0) is 25.8 Å². The van der Waals surface area contributed by atoms with Crippen LogP contribution in [0.1, 0.15) is 24.8 Å². The lowest BCUT2D eigenvalue weighted by molar-refractivity contribution is -0.137. The van der Waals surface area contributed by atoms with E-state index in [-0.39, 0.29) is 35.5 Å². The molecular formula is C20H27F3N6O4S. The van der Waals surface area contributed by atoms with Gasteiger partial charge in [0.1, 0.15) is 0 Å². The van der Waals surface area contributed by atoms with Crippen molar-refractivity contribution in [1.82, 2.24) is 21.1 Å². The van der Waals surface area contributed by atoms with E-state index in [0.29, 0.717) is 0 Å². The molecule has 4 atom stereocenters. The Morgan fingerprint density at radius 2 is 1.94 bits per heavy atom. The standard InChI is InChI=1S/C20H27F3N6O4S/c1-28-19(31)16-13(9-15(25-17(16)27-28)26-18(30)10-4-5-10)24-12-7-6-11(20(21,22)23)8-14(12)29(2)34(3,32)33/h6-8,10,13,15-17,24-25,27H,4-5,9H2,1-3H3,(H,26,30). The monoisotopic (exact) mass is 504 g/mol. The Labute approximate surface area is 195 Å². The number of rotatable bonds is 6. The van der Waals surface area contributed by atoms with Gasteiger partial charge in [-0.05, 0) is 31.0 Å². The van der Waals surface area contributed by atoms with Crippen molar-refractivity contribution in [1.29, 1.82) is 0 Å². The van der Waals surface area contributed by atoms with Crippen LogP contribution in [0.5, 0.6) is 0 Å². The number of halogens is 3. The molecule has 4 N–H and O–H groups in total. The minimum Gasteiger partial charge on any atom is -0.380 e. The van der Waals surface area contributed by atoms with Gasteiger partial charge in [0, 0.05) is 32.5 Å². The molecule has 3 fully saturated rings. The number of nitrogens with one attached hydrogen (secondary N) is 4. The lowest BCUT2D eigenvalue weighted by Gasteiger charge is -2.39. The van der Waals surface area contributed by atoms with Gasteiger partial charge in [-0.3, -0.25) is 24.2 Å². The van der Waals surface area contributed by atoms with E-state index < -0.39 is 46.1 Å². The molecule has 4 rings (SSSR count). The number of fused-ring (bicyclic) bond motifs is 1. The zero-order valence-corrected chi connectivity index (χ0v) is 19.6. The molecule has 1 saturated carbocycles. The molecule has 1 aromatic carbocycles. The minimum absolute atomic E-state index is 0.0308. The van der Waals surface area contributed by atoms with E-state index in [9.17, 15) is 31.2 Å². The maximum Gasteiger partial charge on any atom is 0.416 e. The third-order valence-electron chi connectivity index (χ3n) is 6.38. The van der Waals surface area contributed by atoms with Crippen molar-refractivity contribution >= 4 is 33.2 Å². The number of nitrogens with zero attached hydrogens (tertiary/aromatic N) is 2. The number of hydrogen-bond acceptors (Lipinski definition) is 7. The summed E-state index contributed by atoms with van der Waals surface area (Å²) in [5.41, 5.74) is 1.92. The fourth-order valence-corrected chi connectivity index (χ4v) is 4.81. The number of anilines is 2. The van der Waals surface area contributed by atoms with Crippen molar-refractivity contribution in [2.45, 2.75) is 43.8 Å². The highest BCUT2D eigenvalue weighted by atomic mass is 32.2. The highest BCUT2D eigenvalue weighted by Crippen LogP contribution is 2.38. The first-order chi connectivity index (χ1) is 15.8. The average Bonchev–Trinajstić information content (AvgIpc) is 3.53. The van der Waals surface area contributed by atoms with Crippen LogP contribution < -0.4 is 25.7 Å². The van der Waals surface area contributed by atoms with E-state index in [1.165, 1.54) is 5.01 Å². The average molecular weight is 505 g/mol. The maximum absolute atomic E-state index is 13.3. The number of alkyl halides is 3. The second-order valence-electron chi connectivity index (χ2n) is 8.98. The number of piperidine rings is 1. The van der Waals surface area contributed by atoms with Crippen LogP contribution in [-0.4, -0.2) is 64.0 Å². The lowest BCUT2D eigenvalue weighted by Crippen LogP contribution is -2.63. The molecule has 2 aliphatic heterocycles. The number of benzene rings is 1. The van der Waals surface area contributed by atoms with E-state index in [4.69, 9.17) is 0 Å². The summed E-state index contributed by atoms with van der Waals surface area (Å²) in [6.45, 7) is 0. The third-order valence-corrected chi connectivity index (χ3v) is 7.57. The summed E-state index contributed by atoms with van der Waals surface area (Å²) in [4.78, 5) is 25.1. The van der Waals surface area contributed by atoms with Crippen molar-refractivity contribution < 1.29 is 31.2 Å². The summed E-state index contributed by atoms with van der Waals surface area (Å²) in [5, 5.41) is 10.5. The Bertz CT molecular complexity index is 1090. The molecule has 0 bridgehead atoms. The van der Waals surface area contributed by atoms with Gasteiger partial charge >= 0.3 is 6.18 Å². The van der Waals surface area contributed by atoms with E-state index in [1.54, 1.807) is 7.05 Å². The summed E-state index contributed by atoms with van der Waals surface area (Å²) in [6, 6.07) is 2.16. The van der Waals surface area contributed by atoms with Gasteiger partial charge in [-0.2, -0.15) is 13.2 Å². The Hall–Kier alpha value is -2.58. The van der Waals surface area contributed by atoms with E-state index in [2.05, 4.69) is 21.4 Å². The number of sulfonamides is 1. The SMILES string of the molecule is CN1NC2NC(NC(=O)C3CC3)CC(Nc3ccc(C(F)(F)F)cc3N(C)S(C)(=O)=O)C2C1=O. The fraction of sp³-hybridized carbons (Fsp3) is 0.600. The van der Waals surface area contributed by atoms with E-state index in [0.717, 1.165) is 48.6 Å². The number of carbonyl (C=O) groups is 2. The molecule has 2 heterocycles. The van der Waals surface area contributed by atoms with Crippen LogP contribution in [0.4, 0.5) is 24.5 Å².